The van der Waals surface area contributed by atoms with Crippen molar-refractivity contribution in [3.05, 3.63) is 89.0 Å². The van der Waals surface area contributed by atoms with Gasteiger partial charge in [0.2, 0.25) is 5.91 Å². The molecule has 0 aromatic heterocycles. The van der Waals surface area contributed by atoms with Crippen LogP contribution in [0.2, 0.25) is 0 Å². The second-order valence-corrected chi connectivity index (χ2v) is 10.8. The number of rotatable bonds is 5. The Hall–Kier alpha value is -4.33. The van der Waals surface area contributed by atoms with Crippen LogP contribution >= 0.6 is 0 Å². The summed E-state index contributed by atoms with van der Waals surface area (Å²) >= 11 is 0. The van der Waals surface area contributed by atoms with Crippen LogP contribution in [0.5, 0.6) is 11.5 Å². The molecule has 0 bridgehead atoms. The van der Waals surface area contributed by atoms with Crippen molar-refractivity contribution in [1.29, 1.82) is 0 Å². The van der Waals surface area contributed by atoms with Gasteiger partial charge in [0, 0.05) is 24.2 Å². The van der Waals surface area contributed by atoms with Crippen LogP contribution in [0, 0.1) is 0 Å². The average molecular weight is 541 g/mol. The van der Waals surface area contributed by atoms with Gasteiger partial charge in [-0.1, -0.05) is 36.4 Å². The molecule has 8 nitrogen and oxygen atoms in total. The zero-order valence-corrected chi connectivity index (χ0v) is 22.3. The van der Waals surface area contributed by atoms with Crippen LogP contribution in [0.3, 0.4) is 0 Å². The highest BCUT2D eigenvalue weighted by Gasteiger charge is 2.45. The van der Waals surface area contributed by atoms with Crippen LogP contribution in [-0.4, -0.2) is 42.1 Å². The molecule has 0 spiro atoms. The molecule has 2 aliphatic heterocycles. The highest BCUT2D eigenvalue weighted by atomic mass is 16.6. The van der Waals surface area contributed by atoms with Crippen molar-refractivity contribution in [3.63, 3.8) is 0 Å². The summed E-state index contributed by atoms with van der Waals surface area (Å²) in [5, 5.41) is 13.5. The lowest BCUT2D eigenvalue weighted by Crippen LogP contribution is -2.45. The van der Waals surface area contributed by atoms with Crippen LogP contribution in [0.1, 0.15) is 77.5 Å². The third kappa shape index (κ3) is 4.78. The number of hydrogen-bond donors (Lipinski definition) is 2. The lowest BCUT2D eigenvalue weighted by atomic mass is 9.79. The molecule has 2 amide bonds. The molecule has 1 fully saturated rings. The summed E-state index contributed by atoms with van der Waals surface area (Å²) in [6.45, 7) is 2.41. The smallest absolute Gasteiger partial charge is 0.313 e. The lowest BCUT2D eigenvalue weighted by Gasteiger charge is -2.41. The zero-order chi connectivity index (χ0) is 27.8. The molecule has 8 heteroatoms. The van der Waals surface area contributed by atoms with Crippen LogP contribution in [0.15, 0.2) is 66.7 Å². The Labute approximate surface area is 232 Å². The van der Waals surface area contributed by atoms with Gasteiger partial charge in [-0.15, -0.1) is 0 Å². The summed E-state index contributed by atoms with van der Waals surface area (Å²) in [4.78, 5) is 39.9. The molecule has 0 radical (unpaired) electrons. The van der Waals surface area contributed by atoms with Crippen LogP contribution in [0.4, 0.5) is 5.69 Å². The maximum atomic E-state index is 14.0. The van der Waals surface area contributed by atoms with Crippen molar-refractivity contribution in [2.75, 3.05) is 18.1 Å². The minimum atomic E-state index is -1.00. The Morgan fingerprint density at radius 2 is 1.55 bits per heavy atom. The number of ether oxygens (including phenoxy) is 2. The highest BCUT2D eigenvalue weighted by Crippen LogP contribution is 2.47. The topological polar surface area (TPSA) is 105 Å². The van der Waals surface area contributed by atoms with Gasteiger partial charge in [-0.3, -0.25) is 19.3 Å². The number of anilines is 1. The fraction of sp³-hybridized carbons (Fsp3) is 0.344. The van der Waals surface area contributed by atoms with Crippen molar-refractivity contribution in [2.24, 2.45) is 0 Å². The van der Waals surface area contributed by atoms with Gasteiger partial charge in [0.05, 0.1) is 6.04 Å². The Morgan fingerprint density at radius 3 is 2.25 bits per heavy atom. The maximum absolute atomic E-state index is 14.0. The molecule has 40 heavy (non-hydrogen) atoms. The summed E-state index contributed by atoms with van der Waals surface area (Å²) in [7, 11) is 0. The van der Waals surface area contributed by atoms with Gasteiger partial charge >= 0.3 is 5.97 Å². The summed E-state index contributed by atoms with van der Waals surface area (Å²) in [5.74, 6) is -0.683. The summed E-state index contributed by atoms with van der Waals surface area (Å²) in [5.41, 5.74) is 3.38. The van der Waals surface area contributed by atoms with Gasteiger partial charge in [-0.2, -0.15) is 0 Å². The summed E-state index contributed by atoms with van der Waals surface area (Å²) in [6.07, 6.45) is 3.81. The standard InChI is InChI=1S/C32H32N2O6/c1-19(35)33-23-11-6-20(7-12-23)21-8-13-24(14-9-21)34-30(22-10-15-27-28(18-22)40-17-16-39-27)29(32(37)38)25-4-2-3-5-26(25)31(34)36/h2-5,8-10,13-15,18,20,23,29-30H,6-7,11-12,16-17H2,1H3,(H,33,35)(H,37,38)/t20-,23-,29-,30+/m0/s1. The van der Waals surface area contributed by atoms with Crippen molar-refractivity contribution in [3.8, 4) is 11.5 Å². The van der Waals surface area contributed by atoms with E-state index in [9.17, 15) is 19.5 Å². The molecule has 2 N–H and O–H groups in total. The molecule has 206 valence electrons. The number of aliphatic carboxylic acids is 1. The third-order valence-electron chi connectivity index (χ3n) is 8.29. The van der Waals surface area contributed by atoms with E-state index in [1.165, 1.54) is 5.56 Å². The molecule has 2 atom stereocenters. The van der Waals surface area contributed by atoms with Crippen LogP contribution < -0.4 is 19.7 Å². The summed E-state index contributed by atoms with van der Waals surface area (Å²) in [6, 6.07) is 19.7. The van der Waals surface area contributed by atoms with E-state index < -0.39 is 17.9 Å². The van der Waals surface area contributed by atoms with Gasteiger partial charge in [0.25, 0.3) is 5.91 Å². The Kier molecular flexibility index (Phi) is 6.92. The lowest BCUT2D eigenvalue weighted by molar-refractivity contribution is -0.139. The van der Waals surface area contributed by atoms with Gasteiger partial charge in [0.1, 0.15) is 19.1 Å². The number of carboxylic acid groups (broad SMARTS) is 1. The SMILES string of the molecule is CC(=O)N[C@H]1CC[C@H](c2ccc(N3C(=O)c4ccccc4[C@H](C(=O)O)[C@H]3c3ccc4c(c3)OCCO4)cc2)CC1. The van der Waals surface area contributed by atoms with E-state index in [2.05, 4.69) is 5.32 Å². The number of amides is 2. The molecule has 3 aliphatic rings. The van der Waals surface area contributed by atoms with Gasteiger partial charge < -0.3 is 19.9 Å². The van der Waals surface area contributed by atoms with Gasteiger partial charge in [0.15, 0.2) is 11.5 Å². The second kappa shape index (κ2) is 10.7. The second-order valence-electron chi connectivity index (χ2n) is 10.8. The fourth-order valence-electron chi connectivity index (χ4n) is 6.44. The first-order valence-corrected chi connectivity index (χ1v) is 13.8. The predicted molar refractivity (Wildman–Crippen MR) is 149 cm³/mol. The fourth-order valence-corrected chi connectivity index (χ4v) is 6.44. The van der Waals surface area contributed by atoms with E-state index in [-0.39, 0.29) is 17.9 Å². The molecule has 1 saturated carbocycles. The highest BCUT2D eigenvalue weighted by molar-refractivity contribution is 6.11. The van der Waals surface area contributed by atoms with Crippen molar-refractivity contribution >= 4 is 23.5 Å². The van der Waals surface area contributed by atoms with Crippen LogP contribution in [-0.2, 0) is 9.59 Å². The predicted octanol–water partition coefficient (Wildman–Crippen LogP) is 5.19. The molecule has 0 saturated heterocycles. The van der Waals surface area contributed by atoms with E-state index >= 15 is 0 Å². The number of nitrogens with zero attached hydrogens (tertiary/aromatic N) is 1. The first-order valence-electron chi connectivity index (χ1n) is 13.8. The molecular formula is C32H32N2O6. The Bertz CT molecular complexity index is 1440. The number of carbonyl (C=O) groups is 3. The van der Waals surface area contributed by atoms with Crippen molar-refractivity contribution in [2.45, 2.75) is 56.5 Å². The van der Waals surface area contributed by atoms with Crippen molar-refractivity contribution in [1.82, 2.24) is 5.32 Å². The number of fused-ring (bicyclic) bond motifs is 2. The molecule has 6 rings (SSSR count). The van der Waals surface area contributed by atoms with Gasteiger partial charge in [-0.25, -0.2) is 0 Å². The Morgan fingerprint density at radius 1 is 0.875 bits per heavy atom. The number of benzene rings is 3. The zero-order valence-electron chi connectivity index (χ0n) is 22.3. The quantitative estimate of drug-likeness (QED) is 0.462. The molecule has 3 aromatic rings. The number of carbonyl (C=O) groups excluding carboxylic acids is 2. The molecule has 1 aliphatic carbocycles. The minimum absolute atomic E-state index is 0.00723. The number of hydrogen-bond acceptors (Lipinski definition) is 5. The van der Waals surface area contributed by atoms with Gasteiger partial charge in [-0.05, 0) is 78.6 Å². The molecular weight excluding hydrogens is 508 g/mol. The maximum Gasteiger partial charge on any atom is 0.313 e. The molecule has 0 unspecified atom stereocenters. The first-order chi connectivity index (χ1) is 19.4. The largest absolute Gasteiger partial charge is 0.486 e. The average Bonchev–Trinajstić information content (AvgIpc) is 2.97. The van der Waals surface area contributed by atoms with E-state index in [4.69, 9.17) is 9.47 Å². The minimum Gasteiger partial charge on any atom is -0.486 e. The number of carboxylic acids is 1. The normalized spacial score (nSPS) is 23.7. The monoisotopic (exact) mass is 540 g/mol. The first kappa shape index (κ1) is 25.9. The van der Waals surface area contributed by atoms with E-state index in [0.29, 0.717) is 53.0 Å². The number of nitrogens with one attached hydrogen (secondary N) is 1. The summed E-state index contributed by atoms with van der Waals surface area (Å²) < 4.78 is 11.5. The molecule has 3 aromatic carbocycles. The van der Waals surface area contributed by atoms with E-state index in [1.54, 1.807) is 48.2 Å². The van der Waals surface area contributed by atoms with E-state index in [1.807, 2.05) is 30.3 Å². The third-order valence-corrected chi connectivity index (χ3v) is 8.29. The van der Waals surface area contributed by atoms with E-state index in [0.717, 1.165) is 25.7 Å². The Balaban J connectivity index is 1.36. The van der Waals surface area contributed by atoms with Crippen LogP contribution in [0.25, 0.3) is 0 Å². The van der Waals surface area contributed by atoms with Crippen molar-refractivity contribution < 1.29 is 29.0 Å². The molecule has 2 heterocycles.